The molecular formula is C30H35NO3S2. The van der Waals surface area contributed by atoms with Gasteiger partial charge < -0.3 is 0 Å². The van der Waals surface area contributed by atoms with Gasteiger partial charge in [0.05, 0.1) is 10.9 Å². The minimum absolute atomic E-state index is 0.0171. The van der Waals surface area contributed by atoms with E-state index in [-0.39, 0.29) is 15.3 Å². The van der Waals surface area contributed by atoms with E-state index in [1.807, 2.05) is 55.5 Å². The van der Waals surface area contributed by atoms with E-state index in [1.54, 1.807) is 12.1 Å². The van der Waals surface area contributed by atoms with Gasteiger partial charge in [0.1, 0.15) is 0 Å². The molecule has 1 saturated heterocycles. The molecule has 1 aliphatic heterocycles. The Morgan fingerprint density at radius 1 is 0.861 bits per heavy atom. The van der Waals surface area contributed by atoms with Crippen molar-refractivity contribution < 1.29 is 13.2 Å². The fourth-order valence-corrected chi connectivity index (χ4v) is 7.65. The molecule has 0 saturated carbocycles. The molecule has 1 atom stereocenters. The molecule has 0 N–H and O–H groups in total. The van der Waals surface area contributed by atoms with Crippen molar-refractivity contribution in [3.05, 3.63) is 102 Å². The summed E-state index contributed by atoms with van der Waals surface area (Å²) in [5, 5.41) is 0.111. The average Bonchev–Trinajstić information content (AvgIpc) is 2.91. The number of thioether (sulfide) groups is 1. The number of benzene rings is 3. The van der Waals surface area contributed by atoms with E-state index in [1.165, 1.54) is 27.2 Å². The number of carbonyl (C=O) groups is 1. The van der Waals surface area contributed by atoms with Crippen LogP contribution in [-0.2, 0) is 27.7 Å². The zero-order valence-corrected chi connectivity index (χ0v) is 22.5. The molecule has 0 aromatic heterocycles. The summed E-state index contributed by atoms with van der Waals surface area (Å²) in [7, 11) is -3.72. The standard InChI is InChI=1S/C30H35NO3S2/c1-24-15-21-28(22-16-24)36(33,34)31-23-9-8-14-29(31)30(32)35-27(19-17-25-10-4-2-5-11-25)20-18-26-12-6-3-7-13-26/h2-7,10-13,15-16,21-22,27,29H,8-9,14,17-20,23H2,1H3. The molecule has 1 unspecified atom stereocenters. The lowest BCUT2D eigenvalue weighted by molar-refractivity contribution is -0.115. The highest BCUT2D eigenvalue weighted by atomic mass is 32.2. The lowest BCUT2D eigenvalue weighted by Crippen LogP contribution is -2.47. The SMILES string of the molecule is Cc1ccc(S(=O)(=O)N2CCCCC2C(=O)SC(CCc2ccccc2)CCc2ccccc2)cc1. The molecule has 4 nitrogen and oxygen atoms in total. The van der Waals surface area contributed by atoms with Crippen LogP contribution >= 0.6 is 11.8 Å². The smallest absolute Gasteiger partial charge is 0.243 e. The van der Waals surface area contributed by atoms with Gasteiger partial charge in [-0.15, -0.1) is 0 Å². The fourth-order valence-electron chi connectivity index (χ4n) is 4.72. The van der Waals surface area contributed by atoms with Crippen LogP contribution in [-0.4, -0.2) is 35.7 Å². The first-order valence-electron chi connectivity index (χ1n) is 12.8. The lowest BCUT2D eigenvalue weighted by Gasteiger charge is -2.34. The van der Waals surface area contributed by atoms with Crippen LogP contribution in [0.3, 0.4) is 0 Å². The second-order valence-corrected chi connectivity index (χ2v) is 12.7. The van der Waals surface area contributed by atoms with E-state index < -0.39 is 16.1 Å². The van der Waals surface area contributed by atoms with Crippen molar-refractivity contribution in [3.63, 3.8) is 0 Å². The summed E-state index contributed by atoms with van der Waals surface area (Å²) in [5.41, 5.74) is 3.53. The average molecular weight is 522 g/mol. The molecule has 36 heavy (non-hydrogen) atoms. The number of rotatable bonds is 10. The van der Waals surface area contributed by atoms with Crippen molar-refractivity contribution >= 4 is 26.9 Å². The van der Waals surface area contributed by atoms with Crippen LogP contribution in [0.15, 0.2) is 89.8 Å². The zero-order valence-electron chi connectivity index (χ0n) is 20.9. The molecular weight excluding hydrogens is 486 g/mol. The van der Waals surface area contributed by atoms with Gasteiger partial charge in [-0.3, -0.25) is 4.79 Å². The van der Waals surface area contributed by atoms with Crippen molar-refractivity contribution in [3.8, 4) is 0 Å². The number of sulfonamides is 1. The first-order chi connectivity index (χ1) is 17.4. The fraction of sp³-hybridized carbons (Fsp3) is 0.367. The van der Waals surface area contributed by atoms with Crippen LogP contribution in [0, 0.1) is 6.92 Å². The van der Waals surface area contributed by atoms with E-state index in [2.05, 4.69) is 24.3 Å². The summed E-state index contributed by atoms with van der Waals surface area (Å²) in [6.07, 6.45) is 5.80. The molecule has 0 radical (unpaired) electrons. The maximum atomic E-state index is 13.6. The third kappa shape index (κ3) is 7.09. The largest absolute Gasteiger partial charge is 0.285 e. The van der Waals surface area contributed by atoms with E-state index in [4.69, 9.17) is 0 Å². The lowest BCUT2D eigenvalue weighted by atomic mass is 10.0. The zero-order chi connectivity index (χ0) is 25.4. The molecule has 1 heterocycles. The van der Waals surface area contributed by atoms with Gasteiger partial charge in [0, 0.05) is 11.8 Å². The Morgan fingerprint density at radius 2 is 1.42 bits per heavy atom. The first-order valence-corrected chi connectivity index (χ1v) is 15.1. The number of aryl methyl sites for hydroxylation is 3. The van der Waals surface area contributed by atoms with Crippen molar-refractivity contribution in [2.24, 2.45) is 0 Å². The number of piperidine rings is 1. The van der Waals surface area contributed by atoms with Gasteiger partial charge >= 0.3 is 0 Å². The molecule has 0 aliphatic carbocycles. The number of nitrogens with zero attached hydrogens (tertiary/aromatic N) is 1. The second-order valence-electron chi connectivity index (χ2n) is 9.55. The van der Waals surface area contributed by atoms with Gasteiger partial charge in [0.25, 0.3) is 0 Å². The maximum Gasteiger partial charge on any atom is 0.243 e. The highest BCUT2D eigenvalue weighted by Gasteiger charge is 2.38. The third-order valence-corrected chi connectivity index (χ3v) is 10.1. The van der Waals surface area contributed by atoms with Crippen molar-refractivity contribution in [2.45, 2.75) is 68.1 Å². The van der Waals surface area contributed by atoms with Crippen molar-refractivity contribution in [2.75, 3.05) is 6.54 Å². The molecule has 6 heteroatoms. The summed E-state index contributed by atoms with van der Waals surface area (Å²) in [5.74, 6) is 0. The van der Waals surface area contributed by atoms with Crippen LogP contribution in [0.25, 0.3) is 0 Å². The summed E-state index contributed by atoms with van der Waals surface area (Å²) < 4.78 is 28.4. The predicted molar refractivity (Wildman–Crippen MR) is 149 cm³/mol. The number of hydrogen-bond acceptors (Lipinski definition) is 4. The van der Waals surface area contributed by atoms with Crippen LogP contribution in [0.1, 0.15) is 48.8 Å². The molecule has 3 aromatic rings. The van der Waals surface area contributed by atoms with E-state index in [0.717, 1.165) is 44.1 Å². The first kappa shape index (κ1) is 26.6. The quantitative estimate of drug-likeness (QED) is 0.308. The van der Waals surface area contributed by atoms with E-state index in [0.29, 0.717) is 13.0 Å². The van der Waals surface area contributed by atoms with Crippen LogP contribution in [0.5, 0.6) is 0 Å². The molecule has 1 fully saturated rings. The molecule has 190 valence electrons. The topological polar surface area (TPSA) is 54.5 Å². The Bertz CT molecular complexity index is 1170. The number of carbonyl (C=O) groups excluding carboxylic acids is 1. The van der Waals surface area contributed by atoms with Gasteiger partial charge in [-0.1, -0.05) is 96.5 Å². The van der Waals surface area contributed by atoms with Crippen LogP contribution in [0.2, 0.25) is 0 Å². The van der Waals surface area contributed by atoms with Gasteiger partial charge in [0.2, 0.25) is 15.1 Å². The van der Waals surface area contributed by atoms with Gasteiger partial charge in [-0.05, 0) is 68.7 Å². The molecule has 3 aromatic carbocycles. The number of hydrogen-bond donors (Lipinski definition) is 0. The molecule has 1 aliphatic rings. The Labute approximate surface area is 220 Å². The predicted octanol–water partition coefficient (Wildman–Crippen LogP) is 6.43. The molecule has 0 bridgehead atoms. The summed E-state index contributed by atoms with van der Waals surface area (Å²) in [6.45, 7) is 2.33. The summed E-state index contributed by atoms with van der Waals surface area (Å²) in [6, 6.07) is 27.0. The van der Waals surface area contributed by atoms with Gasteiger partial charge in [-0.25, -0.2) is 8.42 Å². The highest BCUT2D eigenvalue weighted by Crippen LogP contribution is 2.32. The normalized spacial score (nSPS) is 16.8. The van der Waals surface area contributed by atoms with E-state index in [9.17, 15) is 13.2 Å². The van der Waals surface area contributed by atoms with E-state index >= 15 is 0 Å². The van der Waals surface area contributed by atoms with Crippen LogP contribution in [0.4, 0.5) is 0 Å². The Morgan fingerprint density at radius 3 is 1.97 bits per heavy atom. The molecule has 0 spiro atoms. The molecule has 0 amide bonds. The second kappa shape index (κ2) is 12.7. The maximum absolute atomic E-state index is 13.6. The third-order valence-electron chi connectivity index (χ3n) is 6.83. The molecule has 4 rings (SSSR count). The summed E-state index contributed by atoms with van der Waals surface area (Å²) in [4.78, 5) is 13.9. The van der Waals surface area contributed by atoms with Gasteiger partial charge in [-0.2, -0.15) is 4.31 Å². The Kier molecular flexibility index (Phi) is 9.41. The monoisotopic (exact) mass is 521 g/mol. The Balaban J connectivity index is 1.48. The minimum Gasteiger partial charge on any atom is -0.285 e. The van der Waals surface area contributed by atoms with Gasteiger partial charge in [0.15, 0.2) is 0 Å². The minimum atomic E-state index is -3.72. The summed E-state index contributed by atoms with van der Waals surface area (Å²) >= 11 is 1.36. The Hall–Kier alpha value is -2.41. The van der Waals surface area contributed by atoms with Crippen molar-refractivity contribution in [1.82, 2.24) is 4.31 Å². The van der Waals surface area contributed by atoms with Crippen LogP contribution < -0.4 is 0 Å². The van der Waals surface area contributed by atoms with Crippen molar-refractivity contribution in [1.29, 1.82) is 0 Å². The highest BCUT2D eigenvalue weighted by molar-refractivity contribution is 8.14.